The van der Waals surface area contributed by atoms with Gasteiger partial charge in [-0.05, 0) is 12.5 Å². The van der Waals surface area contributed by atoms with Crippen LogP contribution in [0.3, 0.4) is 0 Å². The van der Waals surface area contributed by atoms with E-state index in [1.807, 2.05) is 0 Å². The summed E-state index contributed by atoms with van der Waals surface area (Å²) >= 11 is 0. The van der Waals surface area contributed by atoms with Crippen molar-refractivity contribution in [2.45, 2.75) is 11.8 Å². The molecule has 0 saturated heterocycles. The van der Waals surface area contributed by atoms with E-state index in [4.69, 9.17) is 4.55 Å². The van der Waals surface area contributed by atoms with Gasteiger partial charge in [-0.2, -0.15) is 17.2 Å². The molecule has 1 N–H and O–H groups in total. The maximum absolute atomic E-state index is 13.0. The second kappa shape index (κ2) is 4.26. The number of rotatable bonds is 2. The van der Waals surface area contributed by atoms with Crippen LogP contribution in [0.4, 0.5) is 13.2 Å². The summed E-state index contributed by atoms with van der Waals surface area (Å²) in [5, 5.41) is 0. The Kier molecular flexibility index (Phi) is 3.39. The standard InChI is InChI=1S/C9H7F3O3S/c1-5-3-2-4-6(7(10)9(11)12)8(5)16(13,14)15/h2-4H,1H3,(H,13,14,15). The molecule has 1 rings (SSSR count). The lowest BCUT2D eigenvalue weighted by Crippen LogP contribution is -2.04. The van der Waals surface area contributed by atoms with Crippen molar-refractivity contribution < 1.29 is 26.1 Å². The van der Waals surface area contributed by atoms with Crippen molar-refractivity contribution in [1.82, 2.24) is 0 Å². The molecule has 1 aromatic rings. The second-order valence-corrected chi connectivity index (χ2v) is 4.36. The summed E-state index contributed by atoms with van der Waals surface area (Å²) in [5.74, 6) is -1.96. The molecule has 0 amide bonds. The van der Waals surface area contributed by atoms with Crippen molar-refractivity contribution in [3.63, 3.8) is 0 Å². The molecule has 0 bridgehead atoms. The van der Waals surface area contributed by atoms with Gasteiger partial charge in [0.25, 0.3) is 10.1 Å². The summed E-state index contributed by atoms with van der Waals surface area (Å²) in [6.45, 7) is 1.26. The van der Waals surface area contributed by atoms with Crippen LogP contribution >= 0.6 is 0 Å². The summed E-state index contributed by atoms with van der Waals surface area (Å²) in [4.78, 5) is -0.847. The maximum Gasteiger partial charge on any atom is 0.306 e. The van der Waals surface area contributed by atoms with Crippen LogP contribution in [0, 0.1) is 6.92 Å². The molecule has 0 saturated carbocycles. The minimum absolute atomic E-state index is 0.0172. The van der Waals surface area contributed by atoms with Crippen LogP contribution in [0.1, 0.15) is 11.1 Å². The van der Waals surface area contributed by atoms with Crippen LogP contribution in [-0.2, 0) is 10.1 Å². The van der Waals surface area contributed by atoms with Crippen molar-refractivity contribution in [3.05, 3.63) is 35.4 Å². The van der Waals surface area contributed by atoms with Gasteiger partial charge in [0, 0.05) is 5.56 Å². The summed E-state index contributed by atoms with van der Waals surface area (Å²) in [6, 6.07) is 3.32. The fourth-order valence-corrected chi connectivity index (χ4v) is 2.18. The van der Waals surface area contributed by atoms with Crippen LogP contribution in [0.15, 0.2) is 29.2 Å². The summed E-state index contributed by atoms with van der Waals surface area (Å²) in [7, 11) is -4.75. The quantitative estimate of drug-likeness (QED) is 0.823. The van der Waals surface area contributed by atoms with E-state index in [2.05, 4.69) is 0 Å². The third kappa shape index (κ3) is 2.42. The van der Waals surface area contributed by atoms with Crippen molar-refractivity contribution in [2.75, 3.05) is 0 Å². The van der Waals surface area contributed by atoms with Crippen molar-refractivity contribution in [2.24, 2.45) is 0 Å². The number of benzene rings is 1. The Morgan fingerprint density at radius 3 is 2.25 bits per heavy atom. The van der Waals surface area contributed by atoms with Gasteiger partial charge >= 0.3 is 6.08 Å². The molecule has 7 heteroatoms. The van der Waals surface area contributed by atoms with E-state index in [0.717, 1.165) is 6.07 Å². The van der Waals surface area contributed by atoms with Crippen molar-refractivity contribution >= 4 is 15.9 Å². The topological polar surface area (TPSA) is 54.4 Å². The Hall–Kier alpha value is -1.34. The fourth-order valence-electron chi connectivity index (χ4n) is 1.27. The lowest BCUT2D eigenvalue weighted by molar-refractivity contribution is 0.410. The molecule has 0 radical (unpaired) electrons. The van der Waals surface area contributed by atoms with E-state index in [1.165, 1.54) is 19.1 Å². The first-order valence-electron chi connectivity index (χ1n) is 4.03. The van der Waals surface area contributed by atoms with E-state index in [-0.39, 0.29) is 5.56 Å². The molecule has 0 fully saturated rings. The Labute approximate surface area is 90.0 Å². The minimum Gasteiger partial charge on any atom is -0.282 e. The highest BCUT2D eigenvalue weighted by Gasteiger charge is 2.23. The fraction of sp³-hybridized carbons (Fsp3) is 0.111. The number of hydrogen-bond donors (Lipinski definition) is 1. The molecular weight excluding hydrogens is 245 g/mol. The normalized spacial score (nSPS) is 11.3. The van der Waals surface area contributed by atoms with E-state index in [0.29, 0.717) is 0 Å². The molecule has 0 unspecified atom stereocenters. The molecule has 0 atom stereocenters. The van der Waals surface area contributed by atoms with Gasteiger partial charge in [-0.1, -0.05) is 18.2 Å². The summed E-state index contributed by atoms with van der Waals surface area (Å²) in [5.41, 5.74) is -0.862. The van der Waals surface area contributed by atoms with Crippen molar-refractivity contribution in [1.29, 1.82) is 0 Å². The summed E-state index contributed by atoms with van der Waals surface area (Å²) < 4.78 is 67.7. The Bertz CT molecular complexity index is 545. The highest BCUT2D eigenvalue weighted by Crippen LogP contribution is 2.30. The average molecular weight is 252 g/mol. The van der Waals surface area contributed by atoms with Gasteiger partial charge in [-0.3, -0.25) is 4.55 Å². The Morgan fingerprint density at radius 1 is 1.25 bits per heavy atom. The SMILES string of the molecule is Cc1cccc(C(F)=C(F)F)c1S(=O)(=O)O. The predicted molar refractivity (Wildman–Crippen MR) is 51.2 cm³/mol. The molecule has 0 heterocycles. The third-order valence-electron chi connectivity index (χ3n) is 1.87. The zero-order valence-corrected chi connectivity index (χ0v) is 8.85. The summed E-state index contributed by atoms with van der Waals surface area (Å²) in [6.07, 6.45) is -2.64. The monoisotopic (exact) mass is 252 g/mol. The first-order chi connectivity index (χ1) is 7.25. The molecule has 0 aliphatic heterocycles. The van der Waals surface area contributed by atoms with Gasteiger partial charge in [0.15, 0.2) is 5.83 Å². The number of aryl methyl sites for hydroxylation is 1. The first kappa shape index (κ1) is 12.7. The molecule has 3 nitrogen and oxygen atoms in total. The second-order valence-electron chi connectivity index (χ2n) is 3.00. The number of hydrogen-bond acceptors (Lipinski definition) is 2. The smallest absolute Gasteiger partial charge is 0.282 e. The third-order valence-corrected chi connectivity index (χ3v) is 2.93. The van der Waals surface area contributed by atoms with E-state index in [1.54, 1.807) is 0 Å². The molecule has 0 aliphatic carbocycles. The molecule has 0 aromatic heterocycles. The molecular formula is C9H7F3O3S. The van der Waals surface area contributed by atoms with Gasteiger partial charge in [-0.25, -0.2) is 4.39 Å². The minimum atomic E-state index is -4.75. The predicted octanol–water partition coefficient (Wildman–Crippen LogP) is 2.78. The van der Waals surface area contributed by atoms with Gasteiger partial charge in [0.05, 0.1) is 0 Å². The van der Waals surface area contributed by atoms with Gasteiger partial charge in [0.1, 0.15) is 4.90 Å². The van der Waals surface area contributed by atoms with Crippen LogP contribution in [0.5, 0.6) is 0 Å². The molecule has 88 valence electrons. The van der Waals surface area contributed by atoms with Gasteiger partial charge < -0.3 is 0 Å². The lowest BCUT2D eigenvalue weighted by atomic mass is 10.1. The highest BCUT2D eigenvalue weighted by atomic mass is 32.2. The molecule has 16 heavy (non-hydrogen) atoms. The van der Waals surface area contributed by atoms with Crippen LogP contribution in [0.2, 0.25) is 0 Å². The van der Waals surface area contributed by atoms with E-state index >= 15 is 0 Å². The van der Waals surface area contributed by atoms with Crippen LogP contribution < -0.4 is 0 Å². The molecule has 0 aliphatic rings. The average Bonchev–Trinajstić information content (AvgIpc) is 2.14. The Balaban J connectivity index is 3.67. The lowest BCUT2D eigenvalue weighted by Gasteiger charge is -2.07. The largest absolute Gasteiger partial charge is 0.306 e. The van der Waals surface area contributed by atoms with E-state index < -0.39 is 32.5 Å². The van der Waals surface area contributed by atoms with Gasteiger partial charge in [0.2, 0.25) is 0 Å². The van der Waals surface area contributed by atoms with Crippen LogP contribution in [-0.4, -0.2) is 13.0 Å². The maximum atomic E-state index is 13.0. The zero-order valence-electron chi connectivity index (χ0n) is 8.04. The molecule has 1 aromatic carbocycles. The molecule has 0 spiro atoms. The van der Waals surface area contributed by atoms with Crippen molar-refractivity contribution in [3.8, 4) is 0 Å². The van der Waals surface area contributed by atoms with Crippen LogP contribution in [0.25, 0.3) is 5.83 Å². The number of halogens is 3. The first-order valence-corrected chi connectivity index (χ1v) is 5.47. The zero-order chi connectivity index (χ0) is 12.5. The van der Waals surface area contributed by atoms with E-state index in [9.17, 15) is 21.6 Å². The Morgan fingerprint density at radius 2 is 1.81 bits per heavy atom. The van der Waals surface area contributed by atoms with Gasteiger partial charge in [-0.15, -0.1) is 0 Å². The highest BCUT2D eigenvalue weighted by molar-refractivity contribution is 7.86.